The molecule has 0 unspecified atom stereocenters. The van der Waals surface area contributed by atoms with Crippen molar-refractivity contribution < 1.29 is 9.18 Å². The lowest BCUT2D eigenvalue weighted by Crippen LogP contribution is -2.34. The molecule has 0 saturated heterocycles. The minimum absolute atomic E-state index is 0.0968. The van der Waals surface area contributed by atoms with E-state index in [1.54, 1.807) is 12.1 Å². The summed E-state index contributed by atoms with van der Waals surface area (Å²) in [6.07, 6.45) is 4.78. The average molecular weight is 315 g/mol. The van der Waals surface area contributed by atoms with Crippen LogP contribution in [0, 0.1) is 5.82 Å². The van der Waals surface area contributed by atoms with Gasteiger partial charge in [-0.1, -0.05) is 12.8 Å². The highest BCUT2D eigenvalue weighted by molar-refractivity contribution is 9.10. The summed E-state index contributed by atoms with van der Waals surface area (Å²) >= 11 is 3.09. The van der Waals surface area contributed by atoms with Gasteiger partial charge in [-0.2, -0.15) is 0 Å². The Morgan fingerprint density at radius 2 is 2.11 bits per heavy atom. The van der Waals surface area contributed by atoms with Crippen LogP contribution in [-0.4, -0.2) is 18.5 Å². The SMILES string of the molecule is O=C(CNC1CCCC1)Nc1ccc(F)c(Br)c1. The van der Waals surface area contributed by atoms with E-state index in [0.717, 1.165) is 12.8 Å². The van der Waals surface area contributed by atoms with Crippen molar-refractivity contribution in [2.75, 3.05) is 11.9 Å². The molecule has 1 saturated carbocycles. The zero-order chi connectivity index (χ0) is 13.0. The summed E-state index contributed by atoms with van der Waals surface area (Å²) in [6, 6.07) is 4.90. The molecule has 0 aromatic heterocycles. The van der Waals surface area contributed by atoms with Crippen molar-refractivity contribution in [2.45, 2.75) is 31.7 Å². The first-order valence-electron chi connectivity index (χ1n) is 6.13. The number of halogens is 2. The van der Waals surface area contributed by atoms with E-state index in [1.807, 2.05) is 0 Å². The summed E-state index contributed by atoms with van der Waals surface area (Å²) in [5, 5.41) is 5.97. The van der Waals surface area contributed by atoms with Crippen LogP contribution in [0.1, 0.15) is 25.7 Å². The van der Waals surface area contributed by atoms with Gasteiger partial charge in [-0.15, -0.1) is 0 Å². The number of nitrogens with one attached hydrogen (secondary N) is 2. The number of carbonyl (C=O) groups excluding carboxylic acids is 1. The van der Waals surface area contributed by atoms with Crippen LogP contribution < -0.4 is 10.6 Å². The van der Waals surface area contributed by atoms with Gasteiger partial charge in [-0.25, -0.2) is 4.39 Å². The highest BCUT2D eigenvalue weighted by atomic mass is 79.9. The fraction of sp³-hybridized carbons (Fsp3) is 0.462. The third kappa shape index (κ3) is 3.78. The number of amides is 1. The van der Waals surface area contributed by atoms with Crippen molar-refractivity contribution >= 4 is 27.5 Å². The third-order valence-electron chi connectivity index (χ3n) is 3.11. The van der Waals surface area contributed by atoms with Gasteiger partial charge in [-0.05, 0) is 47.0 Å². The van der Waals surface area contributed by atoms with E-state index in [1.165, 1.54) is 18.9 Å². The molecule has 2 N–H and O–H groups in total. The first-order valence-corrected chi connectivity index (χ1v) is 6.93. The summed E-state index contributed by atoms with van der Waals surface area (Å²) < 4.78 is 13.4. The Hall–Kier alpha value is -0.940. The van der Waals surface area contributed by atoms with Crippen molar-refractivity contribution in [1.29, 1.82) is 0 Å². The van der Waals surface area contributed by atoms with Crippen molar-refractivity contribution in [3.63, 3.8) is 0 Å². The van der Waals surface area contributed by atoms with Crippen LogP contribution in [0.3, 0.4) is 0 Å². The lowest BCUT2D eigenvalue weighted by Gasteiger charge is -2.11. The third-order valence-corrected chi connectivity index (χ3v) is 3.72. The van der Waals surface area contributed by atoms with E-state index in [-0.39, 0.29) is 11.7 Å². The normalized spacial score (nSPS) is 15.9. The minimum atomic E-state index is -0.336. The van der Waals surface area contributed by atoms with E-state index < -0.39 is 0 Å². The molecule has 1 aromatic carbocycles. The zero-order valence-corrected chi connectivity index (χ0v) is 11.6. The maximum Gasteiger partial charge on any atom is 0.238 e. The van der Waals surface area contributed by atoms with Crippen LogP contribution >= 0.6 is 15.9 Å². The number of rotatable bonds is 4. The molecule has 0 atom stereocenters. The van der Waals surface area contributed by atoms with Gasteiger partial charge < -0.3 is 10.6 Å². The fourth-order valence-electron chi connectivity index (χ4n) is 2.15. The molecule has 18 heavy (non-hydrogen) atoms. The van der Waals surface area contributed by atoms with Crippen molar-refractivity contribution in [3.8, 4) is 0 Å². The molecule has 0 spiro atoms. The van der Waals surface area contributed by atoms with E-state index in [2.05, 4.69) is 26.6 Å². The average Bonchev–Trinajstić information content (AvgIpc) is 2.84. The number of benzene rings is 1. The van der Waals surface area contributed by atoms with Gasteiger partial charge >= 0.3 is 0 Å². The monoisotopic (exact) mass is 314 g/mol. The van der Waals surface area contributed by atoms with Crippen molar-refractivity contribution in [1.82, 2.24) is 5.32 Å². The Morgan fingerprint density at radius 3 is 2.78 bits per heavy atom. The lowest BCUT2D eigenvalue weighted by atomic mass is 10.2. The van der Waals surface area contributed by atoms with E-state index in [9.17, 15) is 9.18 Å². The van der Waals surface area contributed by atoms with Gasteiger partial charge in [0.2, 0.25) is 5.91 Å². The molecule has 98 valence electrons. The van der Waals surface area contributed by atoms with E-state index >= 15 is 0 Å². The van der Waals surface area contributed by atoms with Gasteiger partial charge in [0.15, 0.2) is 0 Å². The van der Waals surface area contributed by atoms with Gasteiger partial charge in [0, 0.05) is 11.7 Å². The molecule has 0 bridgehead atoms. The fourth-order valence-corrected chi connectivity index (χ4v) is 2.52. The molecule has 1 aromatic rings. The van der Waals surface area contributed by atoms with Gasteiger partial charge in [0.05, 0.1) is 11.0 Å². The molecule has 1 aliphatic carbocycles. The largest absolute Gasteiger partial charge is 0.325 e. The molecule has 5 heteroatoms. The van der Waals surface area contributed by atoms with Crippen LogP contribution in [0.25, 0.3) is 0 Å². The maximum absolute atomic E-state index is 13.0. The maximum atomic E-state index is 13.0. The van der Waals surface area contributed by atoms with E-state index in [0.29, 0.717) is 22.7 Å². The summed E-state index contributed by atoms with van der Waals surface area (Å²) in [5.41, 5.74) is 0.599. The molecule has 2 rings (SSSR count). The molecule has 1 aliphatic rings. The van der Waals surface area contributed by atoms with Crippen LogP contribution in [-0.2, 0) is 4.79 Å². The first kappa shape index (κ1) is 13.5. The Morgan fingerprint density at radius 1 is 1.39 bits per heavy atom. The van der Waals surface area contributed by atoms with Gasteiger partial charge in [0.25, 0.3) is 0 Å². The summed E-state index contributed by atoms with van der Waals surface area (Å²) in [7, 11) is 0. The molecule has 0 aliphatic heterocycles. The molecule has 1 amide bonds. The summed E-state index contributed by atoms with van der Waals surface area (Å²) in [4.78, 5) is 11.7. The predicted molar refractivity (Wildman–Crippen MR) is 73.0 cm³/mol. The van der Waals surface area contributed by atoms with Crippen LogP contribution in [0.4, 0.5) is 10.1 Å². The van der Waals surface area contributed by atoms with Crippen molar-refractivity contribution in [3.05, 3.63) is 28.5 Å². The number of carbonyl (C=O) groups is 1. The second-order valence-corrected chi connectivity index (χ2v) is 5.39. The number of hydrogen-bond donors (Lipinski definition) is 2. The topological polar surface area (TPSA) is 41.1 Å². The molecule has 0 heterocycles. The minimum Gasteiger partial charge on any atom is -0.325 e. The van der Waals surface area contributed by atoms with Crippen LogP contribution in [0.2, 0.25) is 0 Å². The Labute approximate surface area is 114 Å². The highest BCUT2D eigenvalue weighted by Gasteiger charge is 2.15. The Bertz CT molecular complexity index is 433. The molecular formula is C13H16BrFN2O. The molecule has 1 fully saturated rings. The van der Waals surface area contributed by atoms with Gasteiger partial charge in [0.1, 0.15) is 5.82 Å². The smallest absolute Gasteiger partial charge is 0.238 e. The Kier molecular flexibility index (Phi) is 4.72. The molecule has 3 nitrogen and oxygen atoms in total. The standard InChI is InChI=1S/C13H16BrFN2O/c14-11-7-10(5-6-12(11)15)17-13(18)8-16-9-3-1-2-4-9/h5-7,9,16H,1-4,8H2,(H,17,18). The first-order chi connectivity index (χ1) is 8.65. The zero-order valence-electron chi connectivity index (χ0n) is 10.0. The highest BCUT2D eigenvalue weighted by Crippen LogP contribution is 2.20. The van der Waals surface area contributed by atoms with Crippen LogP contribution in [0.15, 0.2) is 22.7 Å². The molecule has 0 radical (unpaired) electrons. The summed E-state index contributed by atoms with van der Waals surface area (Å²) in [5.74, 6) is -0.433. The second kappa shape index (κ2) is 6.29. The number of anilines is 1. The lowest BCUT2D eigenvalue weighted by molar-refractivity contribution is -0.115. The van der Waals surface area contributed by atoms with Crippen molar-refractivity contribution in [2.24, 2.45) is 0 Å². The van der Waals surface area contributed by atoms with E-state index in [4.69, 9.17) is 0 Å². The summed E-state index contributed by atoms with van der Waals surface area (Å²) in [6.45, 7) is 0.305. The molecular weight excluding hydrogens is 299 g/mol. The quantitative estimate of drug-likeness (QED) is 0.896. The second-order valence-electron chi connectivity index (χ2n) is 4.54. The predicted octanol–water partition coefficient (Wildman–Crippen LogP) is 3.06. The van der Waals surface area contributed by atoms with Crippen LogP contribution in [0.5, 0.6) is 0 Å². The Balaban J connectivity index is 1.80. The number of hydrogen-bond acceptors (Lipinski definition) is 2. The van der Waals surface area contributed by atoms with Gasteiger partial charge in [-0.3, -0.25) is 4.79 Å².